The van der Waals surface area contributed by atoms with Gasteiger partial charge in [-0.3, -0.25) is 9.36 Å². The summed E-state index contributed by atoms with van der Waals surface area (Å²) in [7, 11) is 1.67. The minimum absolute atomic E-state index is 0.0647. The average Bonchev–Trinajstić information content (AvgIpc) is 3.51. The lowest BCUT2D eigenvalue weighted by molar-refractivity contribution is -0.121. The summed E-state index contributed by atoms with van der Waals surface area (Å²) in [5, 5.41) is 13.3. The molecule has 180 valence electrons. The van der Waals surface area contributed by atoms with E-state index in [1.807, 2.05) is 47.9 Å². The maximum atomic E-state index is 12.5. The largest absolute Gasteiger partial charge is 0.497 e. The van der Waals surface area contributed by atoms with Gasteiger partial charge in [0.05, 0.1) is 19.3 Å². The summed E-state index contributed by atoms with van der Waals surface area (Å²) in [6, 6.07) is 13.8. The molecule has 1 aliphatic rings. The first-order chi connectivity index (χ1) is 16.5. The molecule has 1 fully saturated rings. The first kappa shape index (κ1) is 24.6. The van der Waals surface area contributed by atoms with Gasteiger partial charge in [0.25, 0.3) is 0 Å². The van der Waals surface area contributed by atoms with Gasteiger partial charge in [-0.25, -0.2) is 0 Å². The molecule has 0 radical (unpaired) electrons. The van der Waals surface area contributed by atoms with Crippen molar-refractivity contribution < 1.29 is 9.53 Å². The first-order valence-electron chi connectivity index (χ1n) is 11.8. The molecule has 3 aromatic rings. The Kier molecular flexibility index (Phi) is 8.51. The summed E-state index contributed by atoms with van der Waals surface area (Å²) in [6.07, 6.45) is 6.63. The standard InChI is InChI=1S/C26H31ClN4O2S/c1-18-10-12-21(27)15-23(18)31-24(16-28-25(32)13-11-19-6-3-4-7-19)29-30-26(31)34-17-20-8-5-9-22(14-20)33-2/h5,8-10,12,14-15,19H,3-4,6-7,11,13,16-17H2,1-2H3,(H,28,32). The van der Waals surface area contributed by atoms with Crippen molar-refractivity contribution in [2.24, 2.45) is 5.92 Å². The summed E-state index contributed by atoms with van der Waals surface area (Å²) >= 11 is 7.92. The predicted molar refractivity (Wildman–Crippen MR) is 137 cm³/mol. The molecule has 34 heavy (non-hydrogen) atoms. The Morgan fingerprint density at radius 2 is 2.03 bits per heavy atom. The number of aromatic nitrogens is 3. The van der Waals surface area contributed by atoms with Gasteiger partial charge in [-0.1, -0.05) is 67.2 Å². The number of benzene rings is 2. The second kappa shape index (κ2) is 11.8. The topological polar surface area (TPSA) is 69.0 Å². The number of amides is 1. The van der Waals surface area contributed by atoms with Crippen LogP contribution in [0, 0.1) is 12.8 Å². The summed E-state index contributed by atoms with van der Waals surface area (Å²) < 4.78 is 7.35. The number of carbonyl (C=O) groups excluding carboxylic acids is 1. The van der Waals surface area contributed by atoms with Gasteiger partial charge < -0.3 is 10.1 Å². The molecule has 4 rings (SSSR count). The molecular weight excluding hydrogens is 468 g/mol. The molecule has 8 heteroatoms. The lowest BCUT2D eigenvalue weighted by Gasteiger charge is -2.14. The van der Waals surface area contributed by atoms with Crippen LogP contribution in [0.3, 0.4) is 0 Å². The fourth-order valence-corrected chi connectivity index (χ4v) is 5.46. The summed E-state index contributed by atoms with van der Waals surface area (Å²) in [5.74, 6) is 2.99. The average molecular weight is 499 g/mol. The Bertz CT molecular complexity index is 1130. The number of methoxy groups -OCH3 is 1. The van der Waals surface area contributed by atoms with Crippen LogP contribution in [0.25, 0.3) is 5.69 Å². The van der Waals surface area contributed by atoms with E-state index in [0.29, 0.717) is 35.5 Å². The zero-order valence-electron chi connectivity index (χ0n) is 19.7. The third-order valence-electron chi connectivity index (χ3n) is 6.31. The molecule has 0 saturated heterocycles. The molecule has 0 unspecified atom stereocenters. The molecule has 2 aromatic carbocycles. The van der Waals surface area contributed by atoms with Crippen LogP contribution in [-0.4, -0.2) is 27.8 Å². The predicted octanol–water partition coefficient (Wildman–Crippen LogP) is 6.12. The van der Waals surface area contributed by atoms with E-state index in [1.54, 1.807) is 18.9 Å². The summed E-state index contributed by atoms with van der Waals surface area (Å²) in [6.45, 7) is 2.36. The van der Waals surface area contributed by atoms with E-state index in [-0.39, 0.29) is 5.91 Å². The Hall–Kier alpha value is -2.51. The highest BCUT2D eigenvalue weighted by Crippen LogP contribution is 2.30. The number of aryl methyl sites for hydroxylation is 1. The lowest BCUT2D eigenvalue weighted by Crippen LogP contribution is -2.25. The minimum atomic E-state index is 0.0647. The third kappa shape index (κ3) is 6.33. The van der Waals surface area contributed by atoms with Crippen LogP contribution >= 0.6 is 23.4 Å². The molecule has 0 spiro atoms. The van der Waals surface area contributed by atoms with Crippen LogP contribution < -0.4 is 10.1 Å². The minimum Gasteiger partial charge on any atom is -0.497 e. The molecule has 1 N–H and O–H groups in total. The van der Waals surface area contributed by atoms with E-state index >= 15 is 0 Å². The van der Waals surface area contributed by atoms with Crippen LogP contribution in [0.5, 0.6) is 5.75 Å². The van der Waals surface area contributed by atoms with Gasteiger partial charge in [-0.2, -0.15) is 0 Å². The van der Waals surface area contributed by atoms with Gasteiger partial charge in [0.1, 0.15) is 5.75 Å². The monoisotopic (exact) mass is 498 g/mol. The van der Waals surface area contributed by atoms with Crippen LogP contribution in [0.15, 0.2) is 47.6 Å². The molecule has 0 bridgehead atoms. The van der Waals surface area contributed by atoms with Crippen molar-refractivity contribution in [1.82, 2.24) is 20.1 Å². The van der Waals surface area contributed by atoms with Gasteiger partial charge in [-0.15, -0.1) is 10.2 Å². The number of nitrogens with one attached hydrogen (secondary N) is 1. The number of thioether (sulfide) groups is 1. The highest BCUT2D eigenvalue weighted by molar-refractivity contribution is 7.98. The van der Waals surface area contributed by atoms with E-state index < -0.39 is 0 Å². The lowest BCUT2D eigenvalue weighted by atomic mass is 10.0. The van der Waals surface area contributed by atoms with Crippen LogP contribution in [0.2, 0.25) is 5.02 Å². The van der Waals surface area contributed by atoms with Crippen LogP contribution in [0.1, 0.15) is 55.5 Å². The fraction of sp³-hybridized carbons (Fsp3) is 0.423. The maximum absolute atomic E-state index is 12.5. The highest BCUT2D eigenvalue weighted by Gasteiger charge is 2.19. The molecule has 1 heterocycles. The maximum Gasteiger partial charge on any atom is 0.220 e. The van der Waals surface area contributed by atoms with Crippen molar-refractivity contribution in [1.29, 1.82) is 0 Å². The number of ether oxygens (including phenoxy) is 1. The molecule has 0 aliphatic heterocycles. The molecular formula is C26H31ClN4O2S. The smallest absolute Gasteiger partial charge is 0.220 e. The number of hydrogen-bond acceptors (Lipinski definition) is 5. The first-order valence-corrected chi connectivity index (χ1v) is 13.1. The fourth-order valence-electron chi connectivity index (χ4n) is 4.38. The Morgan fingerprint density at radius 1 is 1.21 bits per heavy atom. The quantitative estimate of drug-likeness (QED) is 0.341. The number of carbonyl (C=O) groups is 1. The van der Waals surface area contributed by atoms with Crippen LogP contribution in [0.4, 0.5) is 0 Å². The van der Waals surface area contributed by atoms with Crippen molar-refractivity contribution in [3.05, 3.63) is 64.4 Å². The van der Waals surface area contributed by atoms with Crippen LogP contribution in [-0.2, 0) is 17.1 Å². The molecule has 1 saturated carbocycles. The second-order valence-electron chi connectivity index (χ2n) is 8.77. The van der Waals surface area contributed by atoms with E-state index in [4.69, 9.17) is 16.3 Å². The van der Waals surface area contributed by atoms with Crippen molar-refractivity contribution in [2.45, 2.75) is 62.9 Å². The van der Waals surface area contributed by atoms with E-state index in [1.165, 1.54) is 25.7 Å². The Morgan fingerprint density at radius 3 is 2.82 bits per heavy atom. The second-order valence-corrected chi connectivity index (χ2v) is 10.2. The number of nitrogens with zero attached hydrogens (tertiary/aromatic N) is 3. The molecule has 6 nitrogen and oxygen atoms in total. The molecule has 1 aliphatic carbocycles. The van der Waals surface area contributed by atoms with Crippen molar-refractivity contribution in [3.8, 4) is 11.4 Å². The van der Waals surface area contributed by atoms with Crippen molar-refractivity contribution in [2.75, 3.05) is 7.11 Å². The molecule has 1 aromatic heterocycles. The number of hydrogen-bond donors (Lipinski definition) is 1. The van der Waals surface area contributed by atoms with Gasteiger partial charge in [-0.05, 0) is 54.7 Å². The summed E-state index contributed by atoms with van der Waals surface area (Å²) in [4.78, 5) is 12.5. The van der Waals surface area contributed by atoms with Gasteiger partial charge in [0, 0.05) is 17.2 Å². The zero-order chi connectivity index (χ0) is 23.9. The number of halogens is 1. The molecule has 1 amide bonds. The zero-order valence-corrected chi connectivity index (χ0v) is 21.3. The highest BCUT2D eigenvalue weighted by atomic mass is 35.5. The van der Waals surface area contributed by atoms with E-state index in [2.05, 4.69) is 21.6 Å². The van der Waals surface area contributed by atoms with Gasteiger partial charge in [0.15, 0.2) is 11.0 Å². The normalized spacial score (nSPS) is 13.9. The molecule has 0 atom stereocenters. The van der Waals surface area contributed by atoms with E-state index in [0.717, 1.165) is 34.1 Å². The summed E-state index contributed by atoms with van der Waals surface area (Å²) in [5.41, 5.74) is 3.10. The van der Waals surface area contributed by atoms with Crippen molar-refractivity contribution >= 4 is 29.3 Å². The Balaban J connectivity index is 1.50. The van der Waals surface area contributed by atoms with Gasteiger partial charge in [0.2, 0.25) is 5.91 Å². The SMILES string of the molecule is COc1cccc(CSc2nnc(CNC(=O)CCC3CCCC3)n2-c2cc(Cl)ccc2C)c1. The van der Waals surface area contributed by atoms with Gasteiger partial charge >= 0.3 is 0 Å². The van der Waals surface area contributed by atoms with E-state index in [9.17, 15) is 4.79 Å². The third-order valence-corrected chi connectivity index (χ3v) is 7.55. The number of rotatable bonds is 10. The van der Waals surface area contributed by atoms with Crippen molar-refractivity contribution in [3.63, 3.8) is 0 Å². The Labute approximate surface area is 210 Å².